The van der Waals surface area contributed by atoms with Crippen molar-refractivity contribution < 1.29 is 35.9 Å². The highest BCUT2D eigenvalue weighted by molar-refractivity contribution is 7.14. The van der Waals surface area contributed by atoms with Crippen molar-refractivity contribution in [3.05, 3.63) is 34.7 Å². The van der Waals surface area contributed by atoms with Crippen molar-refractivity contribution >= 4 is 28.3 Å². The van der Waals surface area contributed by atoms with Crippen molar-refractivity contribution in [2.24, 2.45) is 0 Å². The number of carbonyl (C=O) groups excluding carboxylic acids is 2. The molecular formula is C17H14F6N4O2S. The van der Waals surface area contributed by atoms with E-state index in [9.17, 15) is 35.9 Å². The van der Waals surface area contributed by atoms with E-state index in [1.807, 2.05) is 0 Å². The lowest BCUT2D eigenvalue weighted by atomic mass is 10.0. The molecule has 0 atom stereocenters. The summed E-state index contributed by atoms with van der Waals surface area (Å²) in [7, 11) is 0. The second kappa shape index (κ2) is 8.22. The van der Waals surface area contributed by atoms with Crippen molar-refractivity contribution in [3.8, 4) is 11.3 Å². The van der Waals surface area contributed by atoms with Crippen LogP contribution in [0, 0.1) is 0 Å². The predicted molar refractivity (Wildman–Crippen MR) is 95.6 cm³/mol. The van der Waals surface area contributed by atoms with Crippen molar-refractivity contribution in [1.82, 2.24) is 15.2 Å². The van der Waals surface area contributed by atoms with E-state index in [-0.39, 0.29) is 41.5 Å². The van der Waals surface area contributed by atoms with E-state index in [4.69, 9.17) is 0 Å². The molecule has 0 spiro atoms. The molecule has 2 aromatic rings. The summed E-state index contributed by atoms with van der Waals surface area (Å²) in [6.45, 7) is 0.723. The SMILES string of the molecule is O=C(CN1CCNCC1=O)Nc1nc(-c2cc(C(F)(F)F)cc(C(F)(F)F)c2)cs1. The normalized spacial score (nSPS) is 15.4. The summed E-state index contributed by atoms with van der Waals surface area (Å²) in [6.07, 6.45) is -9.95. The Morgan fingerprint density at radius 1 is 1.13 bits per heavy atom. The van der Waals surface area contributed by atoms with Gasteiger partial charge in [-0.1, -0.05) is 0 Å². The Hall–Kier alpha value is -2.67. The molecule has 0 bridgehead atoms. The Labute approximate surface area is 169 Å². The molecular weight excluding hydrogens is 438 g/mol. The number of piperazine rings is 1. The van der Waals surface area contributed by atoms with Gasteiger partial charge in [0.25, 0.3) is 0 Å². The van der Waals surface area contributed by atoms with Crippen LogP contribution in [0.25, 0.3) is 11.3 Å². The molecule has 1 saturated heterocycles. The Morgan fingerprint density at radius 3 is 2.33 bits per heavy atom. The van der Waals surface area contributed by atoms with Crippen LogP contribution >= 0.6 is 11.3 Å². The van der Waals surface area contributed by atoms with Gasteiger partial charge in [-0.3, -0.25) is 9.59 Å². The maximum atomic E-state index is 13.0. The molecule has 1 aromatic heterocycles. The van der Waals surface area contributed by atoms with Crippen molar-refractivity contribution in [3.63, 3.8) is 0 Å². The largest absolute Gasteiger partial charge is 0.416 e. The molecule has 0 unspecified atom stereocenters. The Kier molecular flexibility index (Phi) is 6.04. The van der Waals surface area contributed by atoms with Crippen LogP contribution in [0.5, 0.6) is 0 Å². The fourth-order valence-electron chi connectivity index (χ4n) is 2.71. The molecule has 2 N–H and O–H groups in total. The van der Waals surface area contributed by atoms with E-state index in [0.29, 0.717) is 25.2 Å². The van der Waals surface area contributed by atoms with E-state index in [1.165, 1.54) is 10.3 Å². The number of aromatic nitrogens is 1. The minimum Gasteiger partial charge on any atom is -0.331 e. The van der Waals surface area contributed by atoms with Crippen molar-refractivity contribution in [2.75, 3.05) is 31.5 Å². The van der Waals surface area contributed by atoms with Crippen LogP contribution in [0.2, 0.25) is 0 Å². The molecule has 2 heterocycles. The first-order chi connectivity index (χ1) is 13.9. The zero-order valence-electron chi connectivity index (χ0n) is 15.0. The molecule has 2 amide bonds. The molecule has 162 valence electrons. The number of carbonyl (C=O) groups is 2. The molecule has 6 nitrogen and oxygen atoms in total. The minimum atomic E-state index is -4.97. The van der Waals surface area contributed by atoms with E-state index in [0.717, 1.165) is 11.3 Å². The summed E-state index contributed by atoms with van der Waals surface area (Å²) in [5.41, 5.74) is -3.44. The number of hydrogen-bond acceptors (Lipinski definition) is 5. The van der Waals surface area contributed by atoms with Gasteiger partial charge in [0.15, 0.2) is 5.13 Å². The zero-order chi connectivity index (χ0) is 22.1. The average molecular weight is 452 g/mol. The second-order valence-corrected chi connectivity index (χ2v) is 7.23. The molecule has 0 aliphatic carbocycles. The van der Waals surface area contributed by atoms with Crippen LogP contribution < -0.4 is 10.6 Å². The fraction of sp³-hybridized carbons (Fsp3) is 0.353. The molecule has 0 radical (unpaired) electrons. The van der Waals surface area contributed by atoms with Crippen LogP contribution in [-0.2, 0) is 21.9 Å². The summed E-state index contributed by atoms with van der Waals surface area (Å²) in [5, 5.41) is 6.47. The number of anilines is 1. The highest BCUT2D eigenvalue weighted by Crippen LogP contribution is 2.39. The summed E-state index contributed by atoms with van der Waals surface area (Å²) in [5.74, 6) is -0.842. The quantitative estimate of drug-likeness (QED) is 0.699. The highest BCUT2D eigenvalue weighted by Gasteiger charge is 2.37. The van der Waals surface area contributed by atoms with Gasteiger partial charge in [0.1, 0.15) is 6.54 Å². The standard InChI is InChI=1S/C17H14F6N4O2S/c18-16(19,20)10-3-9(4-11(5-10)17(21,22)23)12-8-30-15(25-12)26-13(28)7-27-2-1-24-6-14(27)29/h3-5,8,24H,1-2,6-7H2,(H,25,26,28). The van der Waals surface area contributed by atoms with Crippen molar-refractivity contribution in [2.45, 2.75) is 12.4 Å². The number of nitrogens with zero attached hydrogens (tertiary/aromatic N) is 2. The third-order valence-electron chi connectivity index (χ3n) is 4.16. The van der Waals surface area contributed by atoms with Crippen LogP contribution in [0.15, 0.2) is 23.6 Å². The number of thiazole rings is 1. The van der Waals surface area contributed by atoms with Gasteiger partial charge < -0.3 is 15.5 Å². The number of rotatable bonds is 4. The predicted octanol–water partition coefficient (Wildman–Crippen LogP) is 3.22. The van der Waals surface area contributed by atoms with Gasteiger partial charge >= 0.3 is 12.4 Å². The average Bonchev–Trinajstić information content (AvgIpc) is 3.10. The van der Waals surface area contributed by atoms with E-state index < -0.39 is 29.4 Å². The first kappa shape index (κ1) is 22.0. The van der Waals surface area contributed by atoms with E-state index >= 15 is 0 Å². The summed E-state index contributed by atoms with van der Waals surface area (Å²) in [4.78, 5) is 29.0. The van der Waals surface area contributed by atoms with Gasteiger partial charge in [0.05, 0.1) is 23.4 Å². The van der Waals surface area contributed by atoms with Gasteiger partial charge in [-0.2, -0.15) is 26.3 Å². The maximum Gasteiger partial charge on any atom is 0.416 e. The number of benzene rings is 1. The third-order valence-corrected chi connectivity index (χ3v) is 4.91. The molecule has 1 aliphatic rings. The summed E-state index contributed by atoms with van der Waals surface area (Å²) >= 11 is 0.841. The first-order valence-electron chi connectivity index (χ1n) is 8.47. The van der Waals surface area contributed by atoms with Gasteiger partial charge in [-0.05, 0) is 18.2 Å². The minimum absolute atomic E-state index is 0.0106. The van der Waals surface area contributed by atoms with E-state index in [2.05, 4.69) is 15.6 Å². The van der Waals surface area contributed by atoms with E-state index in [1.54, 1.807) is 0 Å². The molecule has 0 saturated carbocycles. The molecule has 1 aliphatic heterocycles. The Balaban J connectivity index is 1.79. The number of hydrogen-bond donors (Lipinski definition) is 2. The molecule has 1 aromatic carbocycles. The maximum absolute atomic E-state index is 13.0. The second-order valence-electron chi connectivity index (χ2n) is 6.37. The van der Waals surface area contributed by atoms with Gasteiger partial charge in [-0.25, -0.2) is 4.98 Å². The number of alkyl halides is 6. The van der Waals surface area contributed by atoms with Gasteiger partial charge in [0.2, 0.25) is 11.8 Å². The lowest BCUT2D eigenvalue weighted by molar-refractivity contribution is -0.143. The number of halogens is 6. The topological polar surface area (TPSA) is 74.3 Å². The molecule has 30 heavy (non-hydrogen) atoms. The van der Waals surface area contributed by atoms with Crippen LogP contribution in [-0.4, -0.2) is 47.9 Å². The molecule has 13 heteroatoms. The van der Waals surface area contributed by atoms with Crippen molar-refractivity contribution in [1.29, 1.82) is 0 Å². The molecule has 3 rings (SSSR count). The monoisotopic (exact) mass is 452 g/mol. The smallest absolute Gasteiger partial charge is 0.331 e. The zero-order valence-corrected chi connectivity index (χ0v) is 15.8. The van der Waals surface area contributed by atoms with Gasteiger partial charge in [0, 0.05) is 24.0 Å². The Bertz CT molecular complexity index is 924. The third kappa shape index (κ3) is 5.27. The fourth-order valence-corrected chi connectivity index (χ4v) is 3.45. The van der Waals surface area contributed by atoms with Crippen LogP contribution in [0.3, 0.4) is 0 Å². The summed E-state index contributed by atoms with van der Waals surface area (Å²) < 4.78 is 78.0. The Morgan fingerprint density at radius 2 is 1.77 bits per heavy atom. The lowest BCUT2D eigenvalue weighted by Crippen LogP contribution is -2.50. The number of nitrogens with one attached hydrogen (secondary N) is 2. The van der Waals surface area contributed by atoms with Crippen LogP contribution in [0.4, 0.5) is 31.5 Å². The summed E-state index contributed by atoms with van der Waals surface area (Å²) in [6, 6.07) is 1.16. The van der Waals surface area contributed by atoms with Gasteiger partial charge in [-0.15, -0.1) is 11.3 Å². The highest BCUT2D eigenvalue weighted by atomic mass is 32.1. The van der Waals surface area contributed by atoms with Crippen LogP contribution in [0.1, 0.15) is 11.1 Å². The lowest BCUT2D eigenvalue weighted by Gasteiger charge is -2.26. The first-order valence-corrected chi connectivity index (χ1v) is 9.35. The molecule has 1 fully saturated rings. The number of amides is 2.